The number of carbonyl (C=O) groups is 2. The SMILES string of the molecule is Cn1c(CCC(N)=O)nnc1SCC(=O)c1ccc(Cl)cc1Cl. The second-order valence-electron chi connectivity index (χ2n) is 4.76. The fourth-order valence-corrected chi connectivity index (χ4v) is 3.17. The normalized spacial score (nSPS) is 10.7. The van der Waals surface area contributed by atoms with Gasteiger partial charge < -0.3 is 10.3 Å². The number of Topliss-reactive ketones (excluding diaryl/α,β-unsaturated/α-hetero) is 1. The van der Waals surface area contributed by atoms with Crippen molar-refractivity contribution in [2.45, 2.75) is 18.0 Å². The summed E-state index contributed by atoms with van der Waals surface area (Å²) in [6.45, 7) is 0. The van der Waals surface area contributed by atoms with Gasteiger partial charge in [-0.25, -0.2) is 0 Å². The standard InChI is InChI=1S/C14H14Cl2N4O2S/c1-20-13(5-4-12(17)22)18-19-14(20)23-7-11(21)9-3-2-8(15)6-10(9)16/h2-3,6H,4-5,7H2,1H3,(H2,17,22). The van der Waals surface area contributed by atoms with Crippen LogP contribution in [0.1, 0.15) is 22.6 Å². The summed E-state index contributed by atoms with van der Waals surface area (Å²) < 4.78 is 1.74. The lowest BCUT2D eigenvalue weighted by Gasteiger charge is -2.05. The Kier molecular flexibility index (Phi) is 6.04. The van der Waals surface area contributed by atoms with E-state index >= 15 is 0 Å². The molecule has 1 aromatic carbocycles. The van der Waals surface area contributed by atoms with Crippen molar-refractivity contribution in [3.05, 3.63) is 39.6 Å². The monoisotopic (exact) mass is 372 g/mol. The second kappa shape index (κ2) is 7.81. The molecule has 0 spiro atoms. The van der Waals surface area contributed by atoms with Crippen LogP contribution in [0.4, 0.5) is 0 Å². The third-order valence-electron chi connectivity index (χ3n) is 3.08. The number of nitrogens with zero attached hydrogens (tertiary/aromatic N) is 3. The molecule has 0 fully saturated rings. The molecule has 1 aromatic heterocycles. The van der Waals surface area contributed by atoms with Crippen LogP contribution in [0.5, 0.6) is 0 Å². The number of hydrogen-bond acceptors (Lipinski definition) is 5. The third kappa shape index (κ3) is 4.70. The Balaban J connectivity index is 2.00. The zero-order valence-electron chi connectivity index (χ0n) is 12.3. The first-order valence-electron chi connectivity index (χ1n) is 6.66. The van der Waals surface area contributed by atoms with Crippen LogP contribution in [0.2, 0.25) is 10.0 Å². The molecule has 0 saturated heterocycles. The Morgan fingerprint density at radius 2 is 2.04 bits per heavy atom. The molecule has 1 amide bonds. The van der Waals surface area contributed by atoms with Crippen LogP contribution in [-0.4, -0.2) is 32.2 Å². The summed E-state index contributed by atoms with van der Waals surface area (Å²) >= 11 is 13.1. The van der Waals surface area contributed by atoms with Crippen LogP contribution in [0, 0.1) is 0 Å². The highest BCUT2D eigenvalue weighted by atomic mass is 35.5. The van der Waals surface area contributed by atoms with Gasteiger partial charge in [0, 0.05) is 30.5 Å². The molecule has 9 heteroatoms. The van der Waals surface area contributed by atoms with E-state index in [9.17, 15) is 9.59 Å². The van der Waals surface area contributed by atoms with E-state index in [1.807, 2.05) is 0 Å². The van der Waals surface area contributed by atoms with E-state index in [0.29, 0.717) is 33.0 Å². The number of benzene rings is 1. The van der Waals surface area contributed by atoms with Gasteiger partial charge >= 0.3 is 0 Å². The van der Waals surface area contributed by atoms with Gasteiger partial charge in [-0.2, -0.15) is 0 Å². The third-order valence-corrected chi connectivity index (χ3v) is 4.65. The first-order chi connectivity index (χ1) is 10.9. The highest BCUT2D eigenvalue weighted by molar-refractivity contribution is 7.99. The van der Waals surface area contributed by atoms with Gasteiger partial charge in [-0.1, -0.05) is 35.0 Å². The summed E-state index contributed by atoms with van der Waals surface area (Å²) in [5.74, 6) is 0.291. The van der Waals surface area contributed by atoms with Gasteiger partial charge in [0.25, 0.3) is 0 Å². The van der Waals surface area contributed by atoms with Gasteiger partial charge in [-0.3, -0.25) is 9.59 Å². The maximum Gasteiger partial charge on any atom is 0.217 e. The number of primary amides is 1. The largest absolute Gasteiger partial charge is 0.370 e. The molecule has 2 N–H and O–H groups in total. The summed E-state index contributed by atoms with van der Waals surface area (Å²) in [7, 11) is 1.78. The Bertz CT molecular complexity index is 748. The predicted molar refractivity (Wildman–Crippen MR) is 90.0 cm³/mol. The van der Waals surface area contributed by atoms with Crippen molar-refractivity contribution >= 4 is 46.7 Å². The van der Waals surface area contributed by atoms with Crippen molar-refractivity contribution in [2.24, 2.45) is 12.8 Å². The second-order valence-corrected chi connectivity index (χ2v) is 6.55. The van der Waals surface area contributed by atoms with E-state index in [4.69, 9.17) is 28.9 Å². The molecule has 0 bridgehead atoms. The average molecular weight is 373 g/mol. The molecule has 0 radical (unpaired) electrons. The molecule has 0 atom stereocenters. The molecule has 0 aliphatic heterocycles. The van der Waals surface area contributed by atoms with Crippen LogP contribution >= 0.6 is 35.0 Å². The average Bonchev–Trinajstić information content (AvgIpc) is 2.83. The molecular formula is C14H14Cl2N4O2S. The predicted octanol–water partition coefficient (Wildman–Crippen LogP) is 2.51. The lowest BCUT2D eigenvalue weighted by Crippen LogP contribution is -2.13. The van der Waals surface area contributed by atoms with E-state index in [1.54, 1.807) is 23.7 Å². The number of aromatic nitrogens is 3. The van der Waals surface area contributed by atoms with Gasteiger partial charge in [-0.15, -0.1) is 10.2 Å². The van der Waals surface area contributed by atoms with Crippen molar-refractivity contribution in [3.63, 3.8) is 0 Å². The zero-order valence-corrected chi connectivity index (χ0v) is 14.6. The van der Waals surface area contributed by atoms with Crippen LogP contribution in [0.25, 0.3) is 0 Å². The number of hydrogen-bond donors (Lipinski definition) is 1. The Morgan fingerprint density at radius 1 is 1.30 bits per heavy atom. The van der Waals surface area contributed by atoms with Crippen molar-refractivity contribution in [1.82, 2.24) is 14.8 Å². The molecule has 6 nitrogen and oxygen atoms in total. The molecular weight excluding hydrogens is 359 g/mol. The first kappa shape index (κ1) is 17.8. The number of amides is 1. The van der Waals surface area contributed by atoms with Crippen LogP contribution < -0.4 is 5.73 Å². The molecule has 0 aliphatic rings. The van der Waals surface area contributed by atoms with Crippen LogP contribution in [0.3, 0.4) is 0 Å². The molecule has 122 valence electrons. The maximum atomic E-state index is 12.2. The zero-order chi connectivity index (χ0) is 17.0. The Hall–Kier alpha value is -1.57. The van der Waals surface area contributed by atoms with Gasteiger partial charge in [0.2, 0.25) is 5.91 Å². The highest BCUT2D eigenvalue weighted by Gasteiger charge is 2.15. The summed E-state index contributed by atoms with van der Waals surface area (Å²) in [5.41, 5.74) is 5.53. The fraction of sp³-hybridized carbons (Fsp3) is 0.286. The van der Waals surface area contributed by atoms with Crippen LogP contribution in [0.15, 0.2) is 23.4 Å². The van der Waals surface area contributed by atoms with Crippen LogP contribution in [-0.2, 0) is 18.3 Å². The van der Waals surface area contributed by atoms with Gasteiger partial charge in [0.1, 0.15) is 5.82 Å². The molecule has 0 unspecified atom stereocenters. The maximum absolute atomic E-state index is 12.2. The van der Waals surface area contributed by atoms with Gasteiger partial charge in [-0.05, 0) is 18.2 Å². The molecule has 0 saturated carbocycles. The number of carbonyl (C=O) groups excluding carboxylic acids is 2. The van der Waals surface area contributed by atoms with Gasteiger partial charge in [0.05, 0.1) is 10.8 Å². The number of thioether (sulfide) groups is 1. The minimum atomic E-state index is -0.394. The highest BCUT2D eigenvalue weighted by Crippen LogP contribution is 2.24. The van der Waals surface area contributed by atoms with Crippen molar-refractivity contribution < 1.29 is 9.59 Å². The van der Waals surface area contributed by atoms with Crippen molar-refractivity contribution in [2.75, 3.05) is 5.75 Å². The smallest absolute Gasteiger partial charge is 0.217 e. The fourth-order valence-electron chi connectivity index (χ4n) is 1.85. The number of rotatable bonds is 7. The topological polar surface area (TPSA) is 90.9 Å². The first-order valence-corrected chi connectivity index (χ1v) is 8.40. The van der Waals surface area contributed by atoms with E-state index in [0.717, 1.165) is 0 Å². The Morgan fingerprint density at radius 3 is 2.70 bits per heavy atom. The summed E-state index contributed by atoms with van der Waals surface area (Å²) in [6, 6.07) is 4.75. The van der Waals surface area contributed by atoms with Crippen molar-refractivity contribution in [1.29, 1.82) is 0 Å². The van der Waals surface area contributed by atoms with E-state index < -0.39 is 5.91 Å². The molecule has 23 heavy (non-hydrogen) atoms. The molecule has 1 heterocycles. The van der Waals surface area contributed by atoms with Gasteiger partial charge in [0.15, 0.2) is 10.9 Å². The lowest BCUT2D eigenvalue weighted by atomic mass is 10.1. The number of aryl methyl sites for hydroxylation is 1. The minimum Gasteiger partial charge on any atom is -0.370 e. The van der Waals surface area contributed by atoms with E-state index in [-0.39, 0.29) is 18.0 Å². The quantitative estimate of drug-likeness (QED) is 0.595. The van der Waals surface area contributed by atoms with Crippen molar-refractivity contribution in [3.8, 4) is 0 Å². The summed E-state index contributed by atoms with van der Waals surface area (Å²) in [6.07, 6.45) is 0.617. The lowest BCUT2D eigenvalue weighted by molar-refractivity contribution is -0.118. The summed E-state index contributed by atoms with van der Waals surface area (Å²) in [5, 5.41) is 9.40. The molecule has 2 aromatic rings. The number of nitrogens with two attached hydrogens (primary N) is 1. The van der Waals surface area contributed by atoms with E-state index in [1.165, 1.54) is 17.8 Å². The minimum absolute atomic E-state index is 0.127. The number of halogens is 2. The summed E-state index contributed by atoms with van der Waals surface area (Å²) in [4.78, 5) is 23.0. The Labute approximate surface area is 147 Å². The molecule has 0 aliphatic carbocycles. The van der Waals surface area contributed by atoms with E-state index in [2.05, 4.69) is 10.2 Å². The number of ketones is 1. The molecule has 2 rings (SSSR count).